The number of nitrogens with one attached hydrogen (secondary N) is 1. The lowest BCUT2D eigenvalue weighted by atomic mass is 10.5. The molecule has 0 aromatic carbocycles. The van der Waals surface area contributed by atoms with E-state index in [2.05, 4.69) is 36.1 Å². The average molecular weight is 175 g/mol. The first-order chi connectivity index (χ1) is 6.45. The Morgan fingerprint density at radius 1 is 0.846 bits per heavy atom. The van der Waals surface area contributed by atoms with Crippen molar-refractivity contribution in [2.75, 3.05) is 5.32 Å². The van der Waals surface area contributed by atoms with Gasteiger partial charge < -0.3 is 5.32 Å². The lowest BCUT2D eigenvalue weighted by Crippen LogP contribution is -1.99. The van der Waals surface area contributed by atoms with E-state index in [1.54, 1.807) is 12.1 Å². The van der Waals surface area contributed by atoms with Crippen LogP contribution in [0.5, 0.6) is 0 Å². The topological polar surface area (TPSA) is 89.4 Å². The van der Waals surface area contributed by atoms with Gasteiger partial charge in [0, 0.05) is 12.1 Å². The Kier molecular flexibility index (Phi) is 2.00. The van der Waals surface area contributed by atoms with Gasteiger partial charge in [-0.2, -0.15) is 0 Å². The molecule has 2 heterocycles. The molecule has 0 spiro atoms. The molecule has 0 aliphatic heterocycles. The quantitative estimate of drug-likeness (QED) is 0.675. The van der Waals surface area contributed by atoms with Gasteiger partial charge >= 0.3 is 0 Å². The van der Waals surface area contributed by atoms with Crippen molar-refractivity contribution in [3.63, 3.8) is 0 Å². The van der Waals surface area contributed by atoms with Gasteiger partial charge in [-0.1, -0.05) is 0 Å². The molecule has 0 aliphatic rings. The van der Waals surface area contributed by atoms with E-state index in [0.29, 0.717) is 11.6 Å². The average Bonchev–Trinajstić information content (AvgIpc) is 2.21. The predicted molar refractivity (Wildman–Crippen MR) is 42.9 cm³/mol. The maximum atomic E-state index is 3.71. The van der Waals surface area contributed by atoms with Crippen molar-refractivity contribution in [3.05, 3.63) is 24.5 Å². The van der Waals surface area contributed by atoms with Gasteiger partial charge in [0.1, 0.15) is 0 Å². The third kappa shape index (κ3) is 1.89. The number of hydrogen-bond acceptors (Lipinski definition) is 7. The Labute approximate surface area is 73.2 Å². The van der Waals surface area contributed by atoms with Crippen LogP contribution in [-0.4, -0.2) is 30.8 Å². The van der Waals surface area contributed by atoms with Crippen LogP contribution >= 0.6 is 0 Å². The molecule has 0 radical (unpaired) electrons. The SMILES string of the molecule is c1cc(Nc2ccnnn2)nnn1. The lowest BCUT2D eigenvalue weighted by molar-refractivity contribution is 0.854. The van der Waals surface area contributed by atoms with Crippen molar-refractivity contribution < 1.29 is 0 Å². The van der Waals surface area contributed by atoms with Gasteiger partial charge in [-0.3, -0.25) is 0 Å². The smallest absolute Gasteiger partial charge is 0.157 e. The molecule has 0 saturated heterocycles. The minimum absolute atomic E-state index is 0.565. The zero-order valence-corrected chi connectivity index (χ0v) is 6.49. The minimum atomic E-state index is 0.565. The van der Waals surface area contributed by atoms with E-state index in [1.807, 2.05) is 0 Å². The second-order valence-electron chi connectivity index (χ2n) is 2.14. The number of anilines is 2. The van der Waals surface area contributed by atoms with Crippen LogP contribution in [0.25, 0.3) is 0 Å². The summed E-state index contributed by atoms with van der Waals surface area (Å²) in [6.07, 6.45) is 3.06. The first-order valence-electron chi connectivity index (χ1n) is 3.51. The van der Waals surface area contributed by atoms with Crippen molar-refractivity contribution in [1.29, 1.82) is 0 Å². The van der Waals surface area contributed by atoms with Crippen LogP contribution in [0.4, 0.5) is 11.6 Å². The monoisotopic (exact) mass is 175 g/mol. The second kappa shape index (κ2) is 3.48. The van der Waals surface area contributed by atoms with Crippen molar-refractivity contribution in [3.8, 4) is 0 Å². The fourth-order valence-electron chi connectivity index (χ4n) is 0.747. The zero-order valence-electron chi connectivity index (χ0n) is 6.49. The largest absolute Gasteiger partial charge is 0.322 e. The number of rotatable bonds is 2. The van der Waals surface area contributed by atoms with Gasteiger partial charge in [0.2, 0.25) is 0 Å². The molecule has 0 bridgehead atoms. The highest BCUT2D eigenvalue weighted by Gasteiger charge is 1.95. The number of aromatic nitrogens is 6. The van der Waals surface area contributed by atoms with Crippen molar-refractivity contribution >= 4 is 11.6 Å². The van der Waals surface area contributed by atoms with Crippen LogP contribution in [0.15, 0.2) is 24.5 Å². The normalized spacial score (nSPS) is 9.54. The van der Waals surface area contributed by atoms with Gasteiger partial charge in [0.25, 0.3) is 0 Å². The Morgan fingerprint density at radius 2 is 1.38 bits per heavy atom. The fourth-order valence-corrected chi connectivity index (χ4v) is 0.747. The molecule has 2 aromatic rings. The highest BCUT2D eigenvalue weighted by molar-refractivity contribution is 5.48. The van der Waals surface area contributed by atoms with Crippen LogP contribution in [0.1, 0.15) is 0 Å². The second-order valence-corrected chi connectivity index (χ2v) is 2.14. The van der Waals surface area contributed by atoms with E-state index in [4.69, 9.17) is 0 Å². The molecular formula is C6H5N7. The molecule has 13 heavy (non-hydrogen) atoms. The summed E-state index contributed by atoms with van der Waals surface area (Å²) in [5.41, 5.74) is 0. The molecule has 64 valence electrons. The zero-order chi connectivity index (χ0) is 8.93. The third-order valence-electron chi connectivity index (χ3n) is 1.26. The molecule has 2 aromatic heterocycles. The summed E-state index contributed by atoms with van der Waals surface area (Å²) in [6.45, 7) is 0. The van der Waals surface area contributed by atoms with E-state index in [0.717, 1.165) is 0 Å². The Balaban J connectivity index is 2.16. The van der Waals surface area contributed by atoms with E-state index in [9.17, 15) is 0 Å². The molecule has 7 nitrogen and oxygen atoms in total. The Hall–Kier alpha value is -2.18. The van der Waals surface area contributed by atoms with Crippen LogP contribution in [0, 0.1) is 0 Å². The molecule has 0 saturated carbocycles. The fraction of sp³-hybridized carbons (Fsp3) is 0. The molecule has 7 heteroatoms. The van der Waals surface area contributed by atoms with Crippen molar-refractivity contribution in [1.82, 2.24) is 30.8 Å². The summed E-state index contributed by atoms with van der Waals surface area (Å²) >= 11 is 0. The first-order valence-corrected chi connectivity index (χ1v) is 3.51. The molecule has 0 atom stereocenters. The summed E-state index contributed by atoms with van der Waals surface area (Å²) in [5, 5.41) is 24.3. The highest BCUT2D eigenvalue weighted by Crippen LogP contribution is 2.05. The summed E-state index contributed by atoms with van der Waals surface area (Å²) in [4.78, 5) is 0. The van der Waals surface area contributed by atoms with Gasteiger partial charge in [-0.15, -0.1) is 20.4 Å². The van der Waals surface area contributed by atoms with Crippen molar-refractivity contribution in [2.24, 2.45) is 0 Å². The molecule has 0 fully saturated rings. The third-order valence-corrected chi connectivity index (χ3v) is 1.26. The maximum Gasteiger partial charge on any atom is 0.157 e. The molecule has 2 rings (SSSR count). The van der Waals surface area contributed by atoms with E-state index < -0.39 is 0 Å². The summed E-state index contributed by atoms with van der Waals surface area (Å²) in [5.74, 6) is 1.13. The lowest BCUT2D eigenvalue weighted by Gasteiger charge is -1.99. The molecular weight excluding hydrogens is 170 g/mol. The van der Waals surface area contributed by atoms with E-state index >= 15 is 0 Å². The van der Waals surface area contributed by atoms with Crippen LogP contribution in [-0.2, 0) is 0 Å². The first kappa shape index (κ1) is 7.47. The molecule has 0 unspecified atom stereocenters. The van der Waals surface area contributed by atoms with Crippen LogP contribution in [0.2, 0.25) is 0 Å². The summed E-state index contributed by atoms with van der Waals surface area (Å²) in [6, 6.07) is 3.35. The predicted octanol–water partition coefficient (Wildman–Crippen LogP) is -0.200. The highest BCUT2D eigenvalue weighted by atomic mass is 15.4. The molecule has 0 aliphatic carbocycles. The van der Waals surface area contributed by atoms with Crippen LogP contribution < -0.4 is 5.32 Å². The van der Waals surface area contributed by atoms with Gasteiger partial charge in [0.15, 0.2) is 11.6 Å². The Morgan fingerprint density at radius 3 is 1.77 bits per heavy atom. The van der Waals surface area contributed by atoms with Crippen LogP contribution in [0.3, 0.4) is 0 Å². The van der Waals surface area contributed by atoms with E-state index in [-0.39, 0.29) is 0 Å². The number of hydrogen-bond donors (Lipinski definition) is 1. The van der Waals surface area contributed by atoms with E-state index in [1.165, 1.54) is 12.4 Å². The molecule has 0 amide bonds. The minimum Gasteiger partial charge on any atom is -0.322 e. The standard InChI is InChI=1S/C6H5N7/c1-3-7-12-10-5(1)9-6-2-4-8-13-11-6/h1-4H,(H,7,8,9,10,11). The summed E-state index contributed by atoms with van der Waals surface area (Å²) in [7, 11) is 0. The number of nitrogens with zero attached hydrogens (tertiary/aromatic N) is 6. The summed E-state index contributed by atoms with van der Waals surface area (Å²) < 4.78 is 0. The molecule has 1 N–H and O–H groups in total. The maximum absolute atomic E-state index is 3.71. The van der Waals surface area contributed by atoms with Gasteiger partial charge in [-0.25, -0.2) is 0 Å². The van der Waals surface area contributed by atoms with Gasteiger partial charge in [0.05, 0.1) is 12.4 Å². The van der Waals surface area contributed by atoms with Gasteiger partial charge in [-0.05, 0) is 10.4 Å². The Bertz CT molecular complexity index is 324. The van der Waals surface area contributed by atoms with Crippen molar-refractivity contribution in [2.45, 2.75) is 0 Å².